The molecule has 0 spiro atoms. The van der Waals surface area contributed by atoms with Gasteiger partial charge in [-0.15, -0.1) is 0 Å². The molecule has 1 heterocycles. The van der Waals surface area contributed by atoms with Gasteiger partial charge in [-0.05, 0) is 25.4 Å². The van der Waals surface area contributed by atoms with E-state index in [1.807, 2.05) is 0 Å². The fourth-order valence-electron chi connectivity index (χ4n) is 2.56. The maximum atomic E-state index is 12.5. The van der Waals surface area contributed by atoms with E-state index in [1.165, 1.54) is 17.7 Å². The maximum absolute atomic E-state index is 12.5. The second-order valence-corrected chi connectivity index (χ2v) is 6.90. The molecule has 126 valence electrons. The van der Waals surface area contributed by atoms with Crippen LogP contribution in [0.25, 0.3) is 0 Å². The zero-order valence-electron chi connectivity index (χ0n) is 12.4. The Morgan fingerprint density at radius 3 is 2.35 bits per heavy atom. The summed E-state index contributed by atoms with van der Waals surface area (Å²) in [6.45, 7) is 2.83. The summed E-state index contributed by atoms with van der Waals surface area (Å²) < 4.78 is 63.9. The van der Waals surface area contributed by atoms with Crippen molar-refractivity contribution in [3.63, 3.8) is 0 Å². The van der Waals surface area contributed by atoms with E-state index in [2.05, 4.69) is 4.18 Å². The quantitative estimate of drug-likeness (QED) is 0.512. The molecule has 10 heteroatoms. The Kier molecular flexibility index (Phi) is 4.53. The van der Waals surface area contributed by atoms with Crippen LogP contribution in [0.15, 0.2) is 42.2 Å². The van der Waals surface area contributed by atoms with Gasteiger partial charge < -0.3 is 9.21 Å². The smallest absolute Gasteiger partial charge is 0.437 e. The number of benzene rings is 1. The third-order valence-corrected chi connectivity index (χ3v) is 4.67. The van der Waals surface area contributed by atoms with Crippen LogP contribution in [-0.2, 0) is 19.8 Å². The summed E-state index contributed by atoms with van der Waals surface area (Å²) in [6.07, 6.45) is 1.28. The van der Waals surface area contributed by atoms with Crippen LogP contribution in [0, 0.1) is 0 Å². The summed E-state index contributed by atoms with van der Waals surface area (Å²) in [7, 11) is -6.76. The molecule has 0 radical (unpaired) electrons. The molecular formula is C13H15BF3NO4S. The first-order chi connectivity index (χ1) is 10.5. The second-order valence-electron chi connectivity index (χ2n) is 5.37. The van der Waals surface area contributed by atoms with Crippen molar-refractivity contribution in [2.75, 3.05) is 6.54 Å². The maximum Gasteiger partial charge on any atom is 0.534 e. The Morgan fingerprint density at radius 2 is 1.87 bits per heavy atom. The lowest BCUT2D eigenvalue weighted by Crippen LogP contribution is -2.47. The molecule has 1 aliphatic heterocycles. The van der Waals surface area contributed by atoms with E-state index in [9.17, 15) is 26.6 Å². The van der Waals surface area contributed by atoms with Gasteiger partial charge in [0.2, 0.25) is 0 Å². The summed E-state index contributed by atoms with van der Waals surface area (Å²) in [5.41, 5.74) is -5.81. The lowest BCUT2D eigenvalue weighted by molar-refractivity contribution is -0.0522. The molecule has 0 fully saturated rings. The highest BCUT2D eigenvalue weighted by molar-refractivity contribution is 7.87. The van der Waals surface area contributed by atoms with Crippen molar-refractivity contribution in [1.29, 1.82) is 0 Å². The second kappa shape index (κ2) is 5.84. The highest BCUT2D eigenvalue weighted by atomic mass is 32.2. The highest BCUT2D eigenvalue weighted by Gasteiger charge is 2.51. The number of rotatable bonds is 4. The van der Waals surface area contributed by atoms with Crippen molar-refractivity contribution in [1.82, 2.24) is 4.81 Å². The molecule has 0 aliphatic carbocycles. The molecule has 1 aromatic rings. The summed E-state index contributed by atoms with van der Waals surface area (Å²) in [5.74, 6) is -0.380. The minimum atomic E-state index is -5.74. The van der Waals surface area contributed by atoms with Crippen LogP contribution < -0.4 is 0 Å². The van der Waals surface area contributed by atoms with Gasteiger partial charge in [0.1, 0.15) is 5.76 Å². The van der Waals surface area contributed by atoms with Crippen LogP contribution in [0.2, 0.25) is 6.82 Å². The lowest BCUT2D eigenvalue weighted by Gasteiger charge is -2.35. The molecule has 1 atom stereocenters. The number of nitrogens with zero attached hydrogens (tertiary/aromatic N) is 1. The molecule has 1 N–H and O–H groups in total. The van der Waals surface area contributed by atoms with Crippen molar-refractivity contribution in [2.45, 2.75) is 24.8 Å². The summed E-state index contributed by atoms with van der Waals surface area (Å²) in [6, 6.07) is 8.70. The molecule has 5 nitrogen and oxygen atoms in total. The number of hydrogen-bond donors (Lipinski definition) is 1. The first-order valence-electron chi connectivity index (χ1n) is 6.70. The van der Waals surface area contributed by atoms with E-state index in [1.54, 1.807) is 37.3 Å². The topological polar surface area (TPSA) is 66.8 Å². The van der Waals surface area contributed by atoms with Crippen molar-refractivity contribution >= 4 is 17.2 Å². The van der Waals surface area contributed by atoms with Gasteiger partial charge >= 0.3 is 22.7 Å². The molecule has 2 rings (SSSR count). The van der Waals surface area contributed by atoms with Crippen molar-refractivity contribution in [3.8, 4) is 0 Å². The molecule has 1 unspecified atom stereocenters. The monoisotopic (exact) mass is 349 g/mol. The van der Waals surface area contributed by atoms with Crippen LogP contribution in [0.3, 0.4) is 0 Å². The number of alkyl halides is 3. The SMILES string of the molecule is CB(O)N1CC(OS(=O)(=O)C(F)(F)F)=CC1(C)c1ccccc1. The fourth-order valence-corrected chi connectivity index (χ4v) is 3.03. The van der Waals surface area contributed by atoms with Crippen LogP contribution in [-0.4, -0.2) is 37.4 Å². The van der Waals surface area contributed by atoms with E-state index >= 15 is 0 Å². The molecule has 0 saturated heterocycles. The number of hydrogen-bond acceptors (Lipinski definition) is 5. The zero-order valence-corrected chi connectivity index (χ0v) is 13.2. The summed E-state index contributed by atoms with van der Waals surface area (Å²) in [5, 5.41) is 9.89. The normalized spacial score (nSPS) is 22.8. The largest absolute Gasteiger partial charge is 0.534 e. The third kappa shape index (κ3) is 3.38. The first-order valence-corrected chi connectivity index (χ1v) is 8.11. The van der Waals surface area contributed by atoms with E-state index in [0.29, 0.717) is 5.56 Å². The van der Waals surface area contributed by atoms with E-state index in [4.69, 9.17) is 0 Å². The van der Waals surface area contributed by atoms with Gasteiger partial charge in [-0.3, -0.25) is 4.81 Å². The zero-order chi connectivity index (χ0) is 17.5. The van der Waals surface area contributed by atoms with Crippen LogP contribution in [0.5, 0.6) is 0 Å². The minimum absolute atomic E-state index is 0.266. The minimum Gasteiger partial charge on any atom is -0.437 e. The van der Waals surface area contributed by atoms with Crippen LogP contribution >= 0.6 is 0 Å². The molecule has 0 amide bonds. The molecule has 0 aromatic heterocycles. The molecule has 1 aromatic carbocycles. The fraction of sp³-hybridized carbons (Fsp3) is 0.385. The third-order valence-electron chi connectivity index (χ3n) is 3.67. The molecular weight excluding hydrogens is 334 g/mol. The highest BCUT2D eigenvalue weighted by Crippen LogP contribution is 2.39. The molecule has 0 bridgehead atoms. The van der Waals surface area contributed by atoms with E-state index in [0.717, 1.165) is 0 Å². The van der Waals surface area contributed by atoms with Crippen LogP contribution in [0.1, 0.15) is 12.5 Å². The molecule has 23 heavy (non-hydrogen) atoms. The Morgan fingerprint density at radius 1 is 1.30 bits per heavy atom. The van der Waals surface area contributed by atoms with Gasteiger partial charge in [-0.1, -0.05) is 30.3 Å². The van der Waals surface area contributed by atoms with Crippen LogP contribution in [0.4, 0.5) is 13.2 Å². The summed E-state index contributed by atoms with van der Waals surface area (Å²) in [4.78, 5) is 1.43. The average Bonchev–Trinajstić information content (AvgIpc) is 2.76. The molecule has 0 saturated carbocycles. The molecule has 1 aliphatic rings. The Hall–Kier alpha value is -1.52. The predicted molar refractivity (Wildman–Crippen MR) is 78.5 cm³/mol. The van der Waals surface area contributed by atoms with Crippen molar-refractivity contribution < 1.29 is 30.8 Å². The van der Waals surface area contributed by atoms with E-state index in [-0.39, 0.29) is 12.3 Å². The van der Waals surface area contributed by atoms with Gasteiger partial charge in [0.05, 0.1) is 12.1 Å². The Labute approximate surface area is 132 Å². The lowest BCUT2D eigenvalue weighted by atomic mass is 9.77. The van der Waals surface area contributed by atoms with Crippen molar-refractivity contribution in [3.05, 3.63) is 47.7 Å². The Balaban J connectivity index is 2.40. The first kappa shape index (κ1) is 17.8. The van der Waals surface area contributed by atoms with Crippen molar-refractivity contribution in [2.24, 2.45) is 0 Å². The number of halogens is 3. The average molecular weight is 349 g/mol. The van der Waals surface area contributed by atoms with Gasteiger partial charge in [0, 0.05) is 0 Å². The van der Waals surface area contributed by atoms with E-state index < -0.39 is 28.2 Å². The van der Waals surface area contributed by atoms with Gasteiger partial charge in [0.15, 0.2) is 0 Å². The van der Waals surface area contributed by atoms with Gasteiger partial charge in [-0.25, -0.2) is 0 Å². The van der Waals surface area contributed by atoms with Gasteiger partial charge in [-0.2, -0.15) is 21.6 Å². The Bertz CT molecular complexity index is 706. The summed E-state index contributed by atoms with van der Waals surface area (Å²) >= 11 is 0. The standard InChI is InChI=1S/C13H15BF3NO4S/c1-12(10-6-4-3-5-7-10)8-11(9-18(12)14(2)19)22-23(20,21)13(15,16)17/h3-8,19H,9H2,1-2H3. The predicted octanol–water partition coefficient (Wildman–Crippen LogP) is 2.08. The van der Waals surface area contributed by atoms with Gasteiger partial charge in [0.25, 0.3) is 0 Å².